The minimum absolute atomic E-state index is 0.663. The van der Waals surface area contributed by atoms with E-state index in [0.717, 1.165) is 70.9 Å². The Balaban J connectivity index is 1.48. The molecule has 2 atom stereocenters. The molecule has 3 aliphatic heterocycles. The average Bonchev–Trinajstić information content (AvgIpc) is 3.12. The summed E-state index contributed by atoms with van der Waals surface area (Å²) in [7, 11) is 0. The molecule has 25 heavy (non-hydrogen) atoms. The topological polar surface area (TPSA) is 43.3 Å². The quantitative estimate of drug-likeness (QED) is 0.593. The molecule has 0 aromatic heterocycles. The second kappa shape index (κ2) is 9.74. The number of nitrogens with zero attached hydrogens (tertiary/aromatic N) is 4. The first kappa shape index (κ1) is 18.9. The molecule has 3 saturated heterocycles. The van der Waals surface area contributed by atoms with Gasteiger partial charge in [-0.2, -0.15) is 0 Å². The van der Waals surface area contributed by atoms with Crippen LogP contribution in [0.1, 0.15) is 33.1 Å². The fourth-order valence-electron chi connectivity index (χ4n) is 4.39. The molecule has 0 aliphatic carbocycles. The van der Waals surface area contributed by atoms with E-state index in [1.165, 1.54) is 32.4 Å². The Morgan fingerprint density at radius 2 is 1.96 bits per heavy atom. The van der Waals surface area contributed by atoms with Gasteiger partial charge in [0, 0.05) is 51.9 Å². The molecule has 6 nitrogen and oxygen atoms in total. The molecule has 6 heteroatoms. The Labute approximate surface area is 153 Å². The van der Waals surface area contributed by atoms with Crippen molar-refractivity contribution < 1.29 is 4.74 Å². The van der Waals surface area contributed by atoms with E-state index in [1.54, 1.807) is 0 Å². The molecule has 0 radical (unpaired) electrons. The zero-order chi connectivity index (χ0) is 17.5. The van der Waals surface area contributed by atoms with E-state index in [0.29, 0.717) is 6.04 Å². The summed E-state index contributed by atoms with van der Waals surface area (Å²) in [6, 6.07) is 0.663. The average molecular weight is 352 g/mol. The predicted octanol–water partition coefficient (Wildman–Crippen LogP) is 1.09. The Morgan fingerprint density at radius 3 is 2.72 bits per heavy atom. The maximum absolute atomic E-state index is 5.49. The van der Waals surface area contributed by atoms with Gasteiger partial charge in [0.1, 0.15) is 0 Å². The van der Waals surface area contributed by atoms with Crippen molar-refractivity contribution in [3.05, 3.63) is 0 Å². The first-order chi connectivity index (χ1) is 12.3. The van der Waals surface area contributed by atoms with Crippen LogP contribution in [0, 0.1) is 5.92 Å². The lowest BCUT2D eigenvalue weighted by Gasteiger charge is -2.32. The number of piperidine rings is 1. The van der Waals surface area contributed by atoms with Gasteiger partial charge in [0.15, 0.2) is 5.96 Å². The first-order valence-electron chi connectivity index (χ1n) is 10.3. The van der Waals surface area contributed by atoms with Crippen molar-refractivity contribution in [2.45, 2.75) is 39.2 Å². The molecule has 3 fully saturated rings. The second-order valence-corrected chi connectivity index (χ2v) is 7.82. The Morgan fingerprint density at radius 1 is 1.12 bits per heavy atom. The van der Waals surface area contributed by atoms with Crippen LogP contribution in [0.2, 0.25) is 0 Å². The van der Waals surface area contributed by atoms with Crippen molar-refractivity contribution in [2.75, 3.05) is 72.1 Å². The summed E-state index contributed by atoms with van der Waals surface area (Å²) in [6.45, 7) is 16.1. The van der Waals surface area contributed by atoms with Crippen molar-refractivity contribution in [1.82, 2.24) is 20.0 Å². The van der Waals surface area contributed by atoms with Crippen LogP contribution < -0.4 is 5.32 Å². The predicted molar refractivity (Wildman–Crippen MR) is 103 cm³/mol. The monoisotopic (exact) mass is 351 g/mol. The fourth-order valence-corrected chi connectivity index (χ4v) is 4.39. The van der Waals surface area contributed by atoms with Crippen molar-refractivity contribution >= 4 is 5.96 Å². The zero-order valence-corrected chi connectivity index (χ0v) is 16.3. The van der Waals surface area contributed by atoms with Gasteiger partial charge in [0.05, 0.1) is 19.8 Å². The molecule has 3 heterocycles. The number of hydrogen-bond donors (Lipinski definition) is 1. The third-order valence-corrected chi connectivity index (χ3v) is 5.78. The first-order valence-corrected chi connectivity index (χ1v) is 10.3. The van der Waals surface area contributed by atoms with E-state index in [-0.39, 0.29) is 0 Å². The summed E-state index contributed by atoms with van der Waals surface area (Å²) in [5.74, 6) is 1.96. The van der Waals surface area contributed by atoms with Crippen molar-refractivity contribution in [2.24, 2.45) is 10.9 Å². The molecule has 0 aromatic carbocycles. The van der Waals surface area contributed by atoms with Crippen LogP contribution in [0.3, 0.4) is 0 Å². The molecule has 144 valence electrons. The van der Waals surface area contributed by atoms with Crippen LogP contribution in [0.15, 0.2) is 4.99 Å². The van der Waals surface area contributed by atoms with Gasteiger partial charge in [-0.25, -0.2) is 0 Å². The number of hydrogen-bond acceptors (Lipinski definition) is 4. The van der Waals surface area contributed by atoms with E-state index < -0.39 is 0 Å². The number of nitrogens with one attached hydrogen (secondary N) is 1. The van der Waals surface area contributed by atoms with Crippen LogP contribution in [0.5, 0.6) is 0 Å². The Bertz CT molecular complexity index is 424. The highest BCUT2D eigenvalue weighted by atomic mass is 16.5. The standard InChI is InChI=1S/C19H37N5O/c1-3-20-19(21-7-10-22-8-4-5-17(2)15-22)24-9-6-18(16-24)23-11-13-25-14-12-23/h17-18H,3-16H2,1-2H3,(H,20,21). The molecule has 1 N–H and O–H groups in total. The maximum Gasteiger partial charge on any atom is 0.194 e. The lowest BCUT2D eigenvalue weighted by molar-refractivity contribution is 0.0195. The molecule has 0 aromatic rings. The molecule has 2 unspecified atom stereocenters. The van der Waals surface area contributed by atoms with Gasteiger partial charge in [-0.05, 0) is 38.6 Å². The summed E-state index contributed by atoms with van der Waals surface area (Å²) in [6.07, 6.45) is 3.98. The van der Waals surface area contributed by atoms with Gasteiger partial charge in [-0.3, -0.25) is 9.89 Å². The second-order valence-electron chi connectivity index (χ2n) is 7.82. The van der Waals surface area contributed by atoms with Gasteiger partial charge in [0.25, 0.3) is 0 Å². The molecule has 0 amide bonds. The number of rotatable bonds is 5. The van der Waals surface area contributed by atoms with E-state index in [1.807, 2.05) is 0 Å². The van der Waals surface area contributed by atoms with Crippen molar-refractivity contribution in [1.29, 1.82) is 0 Å². The number of ether oxygens (including phenoxy) is 1. The SMILES string of the molecule is CCNC(=NCCN1CCCC(C)C1)N1CCC(N2CCOCC2)C1. The van der Waals surface area contributed by atoms with E-state index in [2.05, 4.69) is 33.9 Å². The number of guanidine groups is 1. The largest absolute Gasteiger partial charge is 0.379 e. The van der Waals surface area contributed by atoms with Gasteiger partial charge >= 0.3 is 0 Å². The van der Waals surface area contributed by atoms with Crippen molar-refractivity contribution in [3.8, 4) is 0 Å². The summed E-state index contributed by atoms with van der Waals surface area (Å²) >= 11 is 0. The molecule has 0 spiro atoms. The molecular formula is C19H37N5O. The summed E-state index contributed by atoms with van der Waals surface area (Å²) in [5, 5.41) is 3.51. The van der Waals surface area contributed by atoms with Gasteiger partial charge in [0.2, 0.25) is 0 Å². The summed E-state index contributed by atoms with van der Waals surface area (Å²) < 4.78 is 5.49. The number of morpholine rings is 1. The zero-order valence-electron chi connectivity index (χ0n) is 16.3. The highest BCUT2D eigenvalue weighted by Gasteiger charge is 2.30. The third-order valence-electron chi connectivity index (χ3n) is 5.78. The summed E-state index contributed by atoms with van der Waals surface area (Å²) in [5.41, 5.74) is 0. The fraction of sp³-hybridized carbons (Fsp3) is 0.947. The Kier molecular flexibility index (Phi) is 7.37. The van der Waals surface area contributed by atoms with Gasteiger partial charge < -0.3 is 19.9 Å². The van der Waals surface area contributed by atoms with Crippen LogP contribution >= 0.6 is 0 Å². The molecule has 3 rings (SSSR count). The normalized spacial score (nSPS) is 30.0. The van der Waals surface area contributed by atoms with Crippen LogP contribution in [-0.4, -0.2) is 98.8 Å². The highest BCUT2D eigenvalue weighted by molar-refractivity contribution is 5.80. The molecular weight excluding hydrogens is 314 g/mol. The molecule has 3 aliphatic rings. The van der Waals surface area contributed by atoms with Crippen LogP contribution in [-0.2, 0) is 4.74 Å². The number of aliphatic imine (C=N–C) groups is 1. The van der Waals surface area contributed by atoms with E-state index in [4.69, 9.17) is 9.73 Å². The third kappa shape index (κ3) is 5.56. The molecule has 0 bridgehead atoms. The minimum Gasteiger partial charge on any atom is -0.379 e. The van der Waals surface area contributed by atoms with Gasteiger partial charge in [-0.1, -0.05) is 6.92 Å². The summed E-state index contributed by atoms with van der Waals surface area (Å²) in [4.78, 5) is 12.6. The maximum atomic E-state index is 5.49. The van der Waals surface area contributed by atoms with E-state index >= 15 is 0 Å². The minimum atomic E-state index is 0.663. The van der Waals surface area contributed by atoms with Crippen molar-refractivity contribution in [3.63, 3.8) is 0 Å². The lowest BCUT2D eigenvalue weighted by atomic mass is 10.0. The van der Waals surface area contributed by atoms with E-state index in [9.17, 15) is 0 Å². The number of likely N-dealkylation sites (tertiary alicyclic amines) is 2. The Hall–Kier alpha value is -0.850. The highest BCUT2D eigenvalue weighted by Crippen LogP contribution is 2.17. The smallest absolute Gasteiger partial charge is 0.194 e. The van der Waals surface area contributed by atoms with Crippen LogP contribution in [0.25, 0.3) is 0 Å². The lowest BCUT2D eigenvalue weighted by Crippen LogP contribution is -2.47. The van der Waals surface area contributed by atoms with Gasteiger partial charge in [-0.15, -0.1) is 0 Å². The van der Waals surface area contributed by atoms with Crippen LogP contribution in [0.4, 0.5) is 0 Å². The molecule has 0 saturated carbocycles.